The number of benzene rings is 2. The molecule has 0 spiro atoms. The van der Waals surface area contributed by atoms with Crippen LogP contribution < -0.4 is 5.32 Å². The Bertz CT molecular complexity index is 1230. The zero-order valence-electron chi connectivity index (χ0n) is 17.7. The first kappa shape index (κ1) is 20.4. The number of carbonyl (C=O) groups is 1. The van der Waals surface area contributed by atoms with E-state index in [0.717, 1.165) is 32.5 Å². The summed E-state index contributed by atoms with van der Waals surface area (Å²) in [5, 5.41) is 4.37. The number of halogens is 1. The molecule has 3 heterocycles. The van der Waals surface area contributed by atoms with Gasteiger partial charge in [-0.05, 0) is 60.2 Å². The molecule has 6 heteroatoms. The molecule has 32 heavy (non-hydrogen) atoms. The van der Waals surface area contributed by atoms with Gasteiger partial charge < -0.3 is 10.3 Å². The van der Waals surface area contributed by atoms with Gasteiger partial charge in [0.25, 0.3) is 5.91 Å². The van der Waals surface area contributed by atoms with Crippen molar-refractivity contribution in [3.8, 4) is 11.3 Å². The Balaban J connectivity index is 1.14. The predicted molar refractivity (Wildman–Crippen MR) is 124 cm³/mol. The van der Waals surface area contributed by atoms with E-state index in [2.05, 4.69) is 44.5 Å². The number of carbonyl (C=O) groups excluding carboxylic acids is 1. The summed E-state index contributed by atoms with van der Waals surface area (Å²) in [6, 6.07) is 18.6. The number of rotatable bonds is 5. The van der Waals surface area contributed by atoms with Crippen molar-refractivity contribution in [3.63, 3.8) is 0 Å². The number of hydrogen-bond acceptors (Lipinski definition) is 3. The number of piperidine rings is 1. The fraction of sp³-hybridized carbons (Fsp3) is 0.231. The Morgan fingerprint density at radius 3 is 2.75 bits per heavy atom. The van der Waals surface area contributed by atoms with E-state index in [1.54, 1.807) is 30.5 Å². The van der Waals surface area contributed by atoms with Gasteiger partial charge in [0.05, 0.1) is 11.3 Å². The van der Waals surface area contributed by atoms with Gasteiger partial charge in [-0.1, -0.05) is 24.3 Å². The second kappa shape index (κ2) is 8.93. The Labute approximate surface area is 186 Å². The van der Waals surface area contributed by atoms with E-state index in [4.69, 9.17) is 0 Å². The van der Waals surface area contributed by atoms with Crippen LogP contribution in [0.3, 0.4) is 0 Å². The van der Waals surface area contributed by atoms with Gasteiger partial charge in [0.15, 0.2) is 0 Å². The van der Waals surface area contributed by atoms with Crippen LogP contribution in [-0.4, -0.2) is 39.9 Å². The van der Waals surface area contributed by atoms with Crippen molar-refractivity contribution in [2.45, 2.75) is 25.4 Å². The lowest BCUT2D eigenvalue weighted by atomic mass is 10.0. The summed E-state index contributed by atoms with van der Waals surface area (Å²) in [6.45, 7) is 2.82. The largest absolute Gasteiger partial charge is 0.361 e. The second-order valence-corrected chi connectivity index (χ2v) is 8.37. The molecule has 5 nitrogen and oxygen atoms in total. The van der Waals surface area contributed by atoms with Crippen LogP contribution in [0.4, 0.5) is 4.39 Å². The maximum absolute atomic E-state index is 13.4. The predicted octanol–water partition coefficient (Wildman–Crippen LogP) is 4.76. The van der Waals surface area contributed by atoms with Gasteiger partial charge >= 0.3 is 0 Å². The highest BCUT2D eigenvalue weighted by Gasteiger charge is 2.21. The molecule has 1 aliphatic heterocycles. The first-order valence-electron chi connectivity index (χ1n) is 11.0. The van der Waals surface area contributed by atoms with Crippen molar-refractivity contribution < 1.29 is 9.18 Å². The minimum Gasteiger partial charge on any atom is -0.361 e. The zero-order chi connectivity index (χ0) is 21.9. The molecule has 5 rings (SSSR count). The molecule has 0 radical (unpaired) electrons. The molecule has 1 aliphatic rings. The lowest BCUT2D eigenvalue weighted by Crippen LogP contribution is -2.44. The lowest BCUT2D eigenvalue weighted by molar-refractivity contribution is 0.0908. The molecule has 0 unspecified atom stereocenters. The highest BCUT2D eigenvalue weighted by Crippen LogP contribution is 2.20. The normalized spacial score (nSPS) is 15.2. The number of nitrogens with zero attached hydrogens (tertiary/aromatic N) is 2. The quantitative estimate of drug-likeness (QED) is 0.482. The molecule has 0 atom stereocenters. The minimum atomic E-state index is -0.303. The first-order chi connectivity index (χ1) is 15.6. The topological polar surface area (TPSA) is 61.0 Å². The monoisotopic (exact) mass is 428 g/mol. The number of aromatic amines is 1. The SMILES string of the molecule is O=C(NC1CCN(Cc2ccc3cc[nH]c3c2)CC1)c1ccc(-c2cccc(F)c2)nc1. The van der Waals surface area contributed by atoms with Gasteiger partial charge in [0.2, 0.25) is 0 Å². The number of likely N-dealkylation sites (tertiary alicyclic amines) is 1. The summed E-state index contributed by atoms with van der Waals surface area (Å²) in [6.07, 6.45) is 5.37. The maximum atomic E-state index is 13.4. The molecule has 2 aromatic carbocycles. The van der Waals surface area contributed by atoms with Crippen LogP contribution in [0.25, 0.3) is 22.2 Å². The molecule has 0 aliphatic carbocycles. The third kappa shape index (κ3) is 4.55. The van der Waals surface area contributed by atoms with Crippen molar-refractivity contribution >= 4 is 16.8 Å². The summed E-state index contributed by atoms with van der Waals surface area (Å²) >= 11 is 0. The number of fused-ring (bicyclic) bond motifs is 1. The third-order valence-corrected chi connectivity index (χ3v) is 6.09. The Morgan fingerprint density at radius 2 is 1.97 bits per heavy atom. The van der Waals surface area contributed by atoms with Crippen LogP contribution in [0, 0.1) is 5.82 Å². The van der Waals surface area contributed by atoms with E-state index < -0.39 is 0 Å². The van der Waals surface area contributed by atoms with E-state index in [0.29, 0.717) is 16.8 Å². The van der Waals surface area contributed by atoms with Crippen LogP contribution in [0.1, 0.15) is 28.8 Å². The molecule has 1 fully saturated rings. The van der Waals surface area contributed by atoms with Crippen molar-refractivity contribution in [3.05, 3.63) is 90.0 Å². The summed E-state index contributed by atoms with van der Waals surface area (Å²) in [4.78, 5) is 22.7. The van der Waals surface area contributed by atoms with E-state index in [9.17, 15) is 9.18 Å². The van der Waals surface area contributed by atoms with Gasteiger partial charge in [-0.3, -0.25) is 14.7 Å². The molecule has 0 saturated carbocycles. The fourth-order valence-corrected chi connectivity index (χ4v) is 4.30. The summed E-state index contributed by atoms with van der Waals surface area (Å²) in [5.41, 5.74) is 4.33. The molecular formula is C26H25FN4O. The summed E-state index contributed by atoms with van der Waals surface area (Å²) < 4.78 is 13.4. The summed E-state index contributed by atoms with van der Waals surface area (Å²) in [7, 11) is 0. The Hall–Kier alpha value is -3.51. The highest BCUT2D eigenvalue weighted by atomic mass is 19.1. The van der Waals surface area contributed by atoms with Gasteiger partial charge in [0.1, 0.15) is 5.82 Å². The van der Waals surface area contributed by atoms with Gasteiger partial charge in [0, 0.05) is 49.1 Å². The highest BCUT2D eigenvalue weighted by molar-refractivity contribution is 5.94. The molecule has 2 N–H and O–H groups in total. The molecule has 2 aromatic heterocycles. The lowest BCUT2D eigenvalue weighted by Gasteiger charge is -2.32. The number of hydrogen-bond donors (Lipinski definition) is 2. The number of nitrogens with one attached hydrogen (secondary N) is 2. The van der Waals surface area contributed by atoms with Gasteiger partial charge in [-0.15, -0.1) is 0 Å². The standard InChI is InChI=1S/C26H25FN4O/c27-22-3-1-2-20(15-22)24-7-6-21(16-29-24)26(32)30-23-9-12-31(13-10-23)17-18-4-5-19-8-11-28-25(19)14-18/h1-8,11,14-16,23,28H,9-10,12-13,17H2,(H,30,32). The van der Waals surface area contributed by atoms with Crippen molar-refractivity contribution in [1.82, 2.24) is 20.2 Å². The maximum Gasteiger partial charge on any atom is 0.253 e. The zero-order valence-corrected chi connectivity index (χ0v) is 17.7. The average Bonchev–Trinajstić information content (AvgIpc) is 3.28. The number of pyridine rings is 1. The van der Waals surface area contributed by atoms with E-state index in [-0.39, 0.29) is 17.8 Å². The summed E-state index contributed by atoms with van der Waals surface area (Å²) in [5.74, 6) is -0.416. The van der Waals surface area contributed by atoms with Crippen LogP contribution in [0.15, 0.2) is 73.1 Å². The van der Waals surface area contributed by atoms with Gasteiger partial charge in [-0.2, -0.15) is 0 Å². The Kier molecular flexibility index (Phi) is 5.69. The molecule has 1 saturated heterocycles. The molecule has 0 bridgehead atoms. The number of H-pyrrole nitrogens is 1. The first-order valence-corrected chi connectivity index (χ1v) is 11.0. The number of aromatic nitrogens is 2. The third-order valence-electron chi connectivity index (χ3n) is 6.09. The molecule has 1 amide bonds. The van der Waals surface area contributed by atoms with E-state index in [1.165, 1.54) is 28.6 Å². The number of amides is 1. The molecule has 4 aromatic rings. The van der Waals surface area contributed by atoms with Crippen molar-refractivity contribution in [2.24, 2.45) is 0 Å². The smallest absolute Gasteiger partial charge is 0.253 e. The second-order valence-electron chi connectivity index (χ2n) is 8.37. The fourth-order valence-electron chi connectivity index (χ4n) is 4.30. The average molecular weight is 429 g/mol. The van der Waals surface area contributed by atoms with Crippen molar-refractivity contribution in [1.29, 1.82) is 0 Å². The van der Waals surface area contributed by atoms with E-state index in [1.807, 2.05) is 6.20 Å². The van der Waals surface area contributed by atoms with Crippen LogP contribution >= 0.6 is 0 Å². The minimum absolute atomic E-state index is 0.112. The van der Waals surface area contributed by atoms with E-state index >= 15 is 0 Å². The van der Waals surface area contributed by atoms with Gasteiger partial charge in [-0.25, -0.2) is 4.39 Å². The molecular weight excluding hydrogens is 403 g/mol. The van der Waals surface area contributed by atoms with Crippen LogP contribution in [0.2, 0.25) is 0 Å². The van der Waals surface area contributed by atoms with Crippen molar-refractivity contribution in [2.75, 3.05) is 13.1 Å². The van der Waals surface area contributed by atoms with Crippen LogP contribution in [-0.2, 0) is 6.54 Å². The molecule has 162 valence electrons. The van der Waals surface area contributed by atoms with Crippen LogP contribution in [0.5, 0.6) is 0 Å². The Morgan fingerprint density at radius 1 is 1.09 bits per heavy atom.